The number of nitrogens with two attached hydrogens (primary N) is 1. The number of hydrogen-bond acceptors (Lipinski definition) is 4. The van der Waals surface area contributed by atoms with Gasteiger partial charge < -0.3 is 25.6 Å². The third-order valence-electron chi connectivity index (χ3n) is 5.17. The lowest BCUT2D eigenvalue weighted by Crippen LogP contribution is -2.70. The van der Waals surface area contributed by atoms with Crippen LogP contribution in [0.2, 0.25) is 5.02 Å². The van der Waals surface area contributed by atoms with Crippen LogP contribution in [0.5, 0.6) is 0 Å². The van der Waals surface area contributed by atoms with E-state index in [0.29, 0.717) is 17.2 Å². The van der Waals surface area contributed by atoms with Crippen molar-refractivity contribution < 1.29 is 23.4 Å². The molecule has 0 radical (unpaired) electrons. The molecule has 146 valence electrons. The number of hydrogen-bond donors (Lipinski definition) is 2. The quantitative estimate of drug-likeness (QED) is 0.609. The van der Waals surface area contributed by atoms with E-state index in [2.05, 4.69) is 10.2 Å². The zero-order valence-electron chi connectivity index (χ0n) is 14.3. The molecule has 1 aromatic carbocycles. The summed E-state index contributed by atoms with van der Waals surface area (Å²) in [5, 5.41) is 14.1. The molecule has 0 amide bonds. The van der Waals surface area contributed by atoms with E-state index in [1.165, 1.54) is 6.07 Å². The molecule has 0 spiro atoms. The monoisotopic (exact) mass is 393 g/mol. The van der Waals surface area contributed by atoms with Crippen molar-refractivity contribution >= 4 is 23.0 Å². The van der Waals surface area contributed by atoms with Crippen molar-refractivity contribution in [2.75, 3.05) is 31.6 Å². The smallest absolute Gasteiger partial charge is 0.418 e. The second-order valence-electron chi connectivity index (χ2n) is 6.83. The van der Waals surface area contributed by atoms with Crippen molar-refractivity contribution in [1.29, 1.82) is 0 Å². The fraction of sp³-hybridized carbons (Fsp3) is 0.647. The second kappa shape index (κ2) is 8.31. The average molecular weight is 394 g/mol. The van der Waals surface area contributed by atoms with Gasteiger partial charge in [0.1, 0.15) is 0 Å². The summed E-state index contributed by atoms with van der Waals surface area (Å²) in [5.74, 6) is 0. The summed E-state index contributed by atoms with van der Waals surface area (Å²) in [6.07, 6.45) is -0.755. The minimum Gasteiger partial charge on any atom is -0.630 e. The molecule has 0 aromatic heterocycles. The zero-order chi connectivity index (χ0) is 18.7. The molecule has 2 aliphatic heterocycles. The Balaban J connectivity index is 1.63. The van der Waals surface area contributed by atoms with Gasteiger partial charge in [0.2, 0.25) is 0 Å². The number of rotatable bonds is 4. The third kappa shape index (κ3) is 4.61. The van der Waals surface area contributed by atoms with Crippen LogP contribution in [0.3, 0.4) is 0 Å². The third-order valence-corrected chi connectivity index (χ3v) is 5.48. The molecule has 0 bridgehead atoms. The molecule has 2 heterocycles. The maximum atomic E-state index is 12.9. The summed E-state index contributed by atoms with van der Waals surface area (Å²) in [4.78, 5) is 2.46. The molecule has 9 heteroatoms. The van der Waals surface area contributed by atoms with Gasteiger partial charge in [-0.1, -0.05) is 11.6 Å². The van der Waals surface area contributed by atoms with Gasteiger partial charge in [-0.05, 0) is 31.7 Å². The maximum Gasteiger partial charge on any atom is 0.418 e. The van der Waals surface area contributed by atoms with Gasteiger partial charge in [0.05, 0.1) is 16.3 Å². The molecule has 0 saturated carbocycles. The predicted octanol–water partition coefficient (Wildman–Crippen LogP) is 3.11. The highest BCUT2D eigenvalue weighted by molar-refractivity contribution is 6.31. The molecule has 2 aliphatic rings. The number of nitrogens with zero attached hydrogens (tertiary/aromatic N) is 1. The van der Waals surface area contributed by atoms with Gasteiger partial charge >= 0.3 is 6.18 Å². The van der Waals surface area contributed by atoms with Crippen LogP contribution < -0.4 is 10.8 Å². The van der Waals surface area contributed by atoms with Crippen LogP contribution in [0.1, 0.15) is 31.2 Å². The normalized spacial score (nSPS) is 21.1. The molecule has 0 aliphatic carbocycles. The number of benzene rings is 1. The Kier molecular flexibility index (Phi) is 6.29. The van der Waals surface area contributed by atoms with Crippen molar-refractivity contribution in [3.05, 3.63) is 27.9 Å². The first kappa shape index (κ1) is 19.7. The first-order chi connectivity index (χ1) is 12.4. The Morgan fingerprint density at radius 3 is 2.38 bits per heavy atom. The van der Waals surface area contributed by atoms with Crippen molar-refractivity contribution in [2.24, 2.45) is 0 Å². The van der Waals surface area contributed by atoms with Gasteiger partial charge in [0.15, 0.2) is 5.69 Å². The minimum absolute atomic E-state index is 0.0198. The van der Waals surface area contributed by atoms with Crippen LogP contribution in [0.4, 0.5) is 24.5 Å². The van der Waals surface area contributed by atoms with Crippen LogP contribution in [0, 0.1) is 5.21 Å². The van der Waals surface area contributed by atoms with Crippen LogP contribution in [-0.2, 0) is 10.9 Å². The number of nitrogens with one attached hydrogen (secondary N) is 1. The molecule has 0 unspecified atom stereocenters. The van der Waals surface area contributed by atoms with E-state index >= 15 is 0 Å². The lowest BCUT2D eigenvalue weighted by atomic mass is 9.99. The number of likely N-dealkylation sites (tertiary alicyclic amines) is 1. The molecule has 2 saturated heterocycles. The van der Waals surface area contributed by atoms with E-state index in [-0.39, 0.29) is 11.7 Å². The summed E-state index contributed by atoms with van der Waals surface area (Å²) in [6.45, 7) is 3.45. The van der Waals surface area contributed by atoms with Gasteiger partial charge in [-0.15, -0.1) is 0 Å². The minimum atomic E-state index is -4.58. The largest absolute Gasteiger partial charge is 0.630 e. The van der Waals surface area contributed by atoms with E-state index in [9.17, 15) is 18.4 Å². The number of quaternary nitrogens is 1. The molecule has 0 atom stereocenters. The summed E-state index contributed by atoms with van der Waals surface area (Å²) in [5.41, 5.74) is -0.206. The molecule has 5 nitrogen and oxygen atoms in total. The topological polar surface area (TPSA) is 64.2 Å². The van der Waals surface area contributed by atoms with E-state index in [4.69, 9.17) is 16.3 Å². The highest BCUT2D eigenvalue weighted by Gasteiger charge is 2.35. The lowest BCUT2D eigenvalue weighted by molar-refractivity contribution is -0.496. The van der Waals surface area contributed by atoms with Crippen molar-refractivity contribution in [2.45, 2.75) is 43.9 Å². The van der Waals surface area contributed by atoms with Crippen LogP contribution in [0.25, 0.3) is 0 Å². The van der Waals surface area contributed by atoms with Gasteiger partial charge in [-0.25, -0.2) is 0 Å². The summed E-state index contributed by atoms with van der Waals surface area (Å²) in [7, 11) is 0. The Bertz CT molecular complexity index is 616. The SMILES string of the molecule is [O-][NH2+]c1cc(C(F)(F)F)c(Cl)cc1NC1CCN(C2CCOCC2)CC1. The van der Waals surface area contributed by atoms with Crippen molar-refractivity contribution in [3.8, 4) is 0 Å². The Hall–Kier alpha value is -1.06. The number of anilines is 1. The first-order valence-electron chi connectivity index (χ1n) is 8.82. The molecule has 1 aromatic rings. The molecule has 3 N–H and O–H groups in total. The van der Waals surface area contributed by atoms with Gasteiger partial charge in [-0.3, -0.25) is 0 Å². The second-order valence-corrected chi connectivity index (χ2v) is 7.24. The summed E-state index contributed by atoms with van der Waals surface area (Å²) in [6, 6.07) is 2.68. The van der Waals surface area contributed by atoms with Crippen molar-refractivity contribution in [1.82, 2.24) is 4.90 Å². The number of ether oxygens (including phenoxy) is 1. The standard InChI is InChI=1S/C17H23ClF3N3O2/c18-14-10-15(16(23-25)9-13(14)17(19,20)21)22-11-1-5-24(6-2-11)12-3-7-26-8-4-12/h9-12,22H,1-8,23H2. The maximum absolute atomic E-state index is 12.9. The highest BCUT2D eigenvalue weighted by atomic mass is 35.5. The van der Waals surface area contributed by atoms with Crippen molar-refractivity contribution in [3.63, 3.8) is 0 Å². The molecular formula is C17H23ClF3N3O2. The molecule has 3 rings (SSSR count). The Labute approximate surface area is 155 Å². The van der Waals surface area contributed by atoms with E-state index in [0.717, 1.165) is 58.1 Å². The fourth-order valence-corrected chi connectivity index (χ4v) is 3.98. The number of piperidine rings is 1. The Morgan fingerprint density at radius 2 is 1.81 bits per heavy atom. The van der Waals surface area contributed by atoms with Crippen LogP contribution in [-0.4, -0.2) is 43.3 Å². The zero-order valence-corrected chi connectivity index (χ0v) is 15.1. The molecular weight excluding hydrogens is 371 g/mol. The first-order valence-corrected chi connectivity index (χ1v) is 9.20. The summed E-state index contributed by atoms with van der Waals surface area (Å²) < 4.78 is 44.2. The number of alkyl halides is 3. The fourth-order valence-electron chi connectivity index (χ4n) is 3.71. The van der Waals surface area contributed by atoms with Gasteiger partial charge in [0.25, 0.3) is 0 Å². The predicted molar refractivity (Wildman–Crippen MR) is 93.5 cm³/mol. The van der Waals surface area contributed by atoms with E-state index < -0.39 is 16.8 Å². The molecule has 2 fully saturated rings. The van der Waals surface area contributed by atoms with E-state index in [1.807, 2.05) is 0 Å². The summed E-state index contributed by atoms with van der Waals surface area (Å²) >= 11 is 5.79. The Morgan fingerprint density at radius 1 is 1.15 bits per heavy atom. The van der Waals surface area contributed by atoms with Crippen LogP contribution in [0.15, 0.2) is 12.1 Å². The lowest BCUT2D eigenvalue weighted by Gasteiger charge is -2.39. The number of halogens is 4. The van der Waals surface area contributed by atoms with Crippen LogP contribution >= 0.6 is 11.6 Å². The highest BCUT2D eigenvalue weighted by Crippen LogP contribution is 2.38. The van der Waals surface area contributed by atoms with Gasteiger partial charge in [0, 0.05) is 44.5 Å². The molecule has 26 heavy (non-hydrogen) atoms. The van der Waals surface area contributed by atoms with E-state index in [1.54, 1.807) is 0 Å². The van der Waals surface area contributed by atoms with Gasteiger partial charge in [-0.2, -0.15) is 13.2 Å². The average Bonchev–Trinajstić information content (AvgIpc) is 2.62.